The number of aliphatic hydroxyl groups is 9. The van der Waals surface area contributed by atoms with Crippen LogP contribution in [0.3, 0.4) is 0 Å². The smallest absolute Gasteiger partial charge is 0.187 e. The van der Waals surface area contributed by atoms with Gasteiger partial charge in [0.1, 0.15) is 67.1 Å². The Labute approximate surface area is 363 Å². The highest BCUT2D eigenvalue weighted by atomic mass is 16.8. The molecular weight excluding hydrogens is 812 g/mol. The number of ether oxygens (including phenoxy) is 8. The van der Waals surface area contributed by atoms with Crippen LogP contribution in [-0.2, 0) is 37.9 Å². The molecule has 1 spiro atoms. The third-order valence-electron chi connectivity index (χ3n) is 17.7. The fourth-order valence-electron chi connectivity index (χ4n) is 14.0. The standard InChI is InChI=1S/C45H72O17/c1-19-8-13-45(55-18-19)20(2)30-27(62-45)15-26-24-7-6-22-14-23(9-11-43(22,4)25(24)10-12-44(26,30)5)57-42-39(61-40-35(52)33(50)31(48)21(3)56-40)37(54)38(29(17-47)59-42)60-41-36(53)34(51)32(49)28(16-46)58-41/h6,19-21,23-42,46-54H,7-18H2,1-5H3/t19?,20-,21-,23-,24+,25-,26-,27-,28+,29+,30-,31-,32+,33+,34-,35+,36+,37-,38+,39+,40-,41-,42+,43-,44-,45+/m0/s1. The molecule has 62 heavy (non-hydrogen) atoms. The second-order valence-corrected chi connectivity index (χ2v) is 21.1. The Morgan fingerprint density at radius 2 is 1.35 bits per heavy atom. The maximum atomic E-state index is 12.0. The molecule has 3 saturated carbocycles. The number of hydrogen-bond acceptors (Lipinski definition) is 17. The minimum atomic E-state index is -1.82. The van der Waals surface area contributed by atoms with Crippen molar-refractivity contribution in [3.05, 3.63) is 11.6 Å². The first-order valence-corrected chi connectivity index (χ1v) is 23.4. The average molecular weight is 885 g/mol. The van der Waals surface area contributed by atoms with Crippen LogP contribution in [0, 0.1) is 46.3 Å². The molecule has 26 atom stereocenters. The summed E-state index contributed by atoms with van der Waals surface area (Å²) < 4.78 is 49.9. The largest absolute Gasteiger partial charge is 0.394 e. The molecule has 17 nitrogen and oxygen atoms in total. The van der Waals surface area contributed by atoms with Crippen molar-refractivity contribution in [1.29, 1.82) is 0 Å². The number of hydrogen-bond donors (Lipinski definition) is 9. The Balaban J connectivity index is 0.917. The quantitative estimate of drug-likeness (QED) is 0.148. The van der Waals surface area contributed by atoms with Crippen LogP contribution >= 0.6 is 0 Å². The van der Waals surface area contributed by atoms with Crippen molar-refractivity contribution in [1.82, 2.24) is 0 Å². The van der Waals surface area contributed by atoms with Crippen LogP contribution in [0.5, 0.6) is 0 Å². The zero-order chi connectivity index (χ0) is 44.2. The first kappa shape index (κ1) is 46.2. The summed E-state index contributed by atoms with van der Waals surface area (Å²) in [5.41, 5.74) is 1.48. The molecule has 5 saturated heterocycles. The van der Waals surface area contributed by atoms with E-state index in [2.05, 4.69) is 33.8 Å². The molecule has 0 aromatic carbocycles. The lowest BCUT2D eigenvalue weighted by molar-refractivity contribution is -0.389. The van der Waals surface area contributed by atoms with Crippen molar-refractivity contribution in [2.45, 2.75) is 203 Å². The van der Waals surface area contributed by atoms with Crippen LogP contribution in [-0.4, -0.2) is 176 Å². The predicted octanol–water partition coefficient (Wildman–Crippen LogP) is 0.214. The Morgan fingerprint density at radius 1 is 0.677 bits per heavy atom. The van der Waals surface area contributed by atoms with E-state index in [1.54, 1.807) is 0 Å². The summed E-state index contributed by atoms with van der Waals surface area (Å²) in [6.45, 7) is 10.4. The van der Waals surface area contributed by atoms with Gasteiger partial charge in [-0.3, -0.25) is 0 Å². The van der Waals surface area contributed by atoms with Crippen LogP contribution < -0.4 is 0 Å². The molecule has 0 radical (unpaired) electrons. The van der Waals surface area contributed by atoms with Gasteiger partial charge in [-0.1, -0.05) is 39.3 Å². The molecule has 9 N–H and O–H groups in total. The highest BCUT2D eigenvalue weighted by molar-refractivity contribution is 5.26. The van der Waals surface area contributed by atoms with Gasteiger partial charge in [0.2, 0.25) is 0 Å². The summed E-state index contributed by atoms with van der Waals surface area (Å²) in [4.78, 5) is 0. The molecule has 0 aromatic rings. The first-order chi connectivity index (χ1) is 29.4. The van der Waals surface area contributed by atoms with E-state index in [9.17, 15) is 46.0 Å². The summed E-state index contributed by atoms with van der Waals surface area (Å²) in [5.74, 6) is 2.56. The van der Waals surface area contributed by atoms with Crippen molar-refractivity contribution in [2.24, 2.45) is 46.3 Å². The predicted molar refractivity (Wildman–Crippen MR) is 214 cm³/mol. The Bertz CT molecular complexity index is 1610. The summed E-state index contributed by atoms with van der Waals surface area (Å²) in [5, 5.41) is 95.7. The Morgan fingerprint density at radius 3 is 2.05 bits per heavy atom. The number of fused-ring (bicyclic) bond motifs is 7. The van der Waals surface area contributed by atoms with Crippen molar-refractivity contribution in [2.75, 3.05) is 19.8 Å². The highest BCUT2D eigenvalue weighted by Gasteiger charge is 2.69. The molecular formula is C45H72O17. The van der Waals surface area contributed by atoms with Gasteiger partial charge in [0.25, 0.3) is 0 Å². The van der Waals surface area contributed by atoms with E-state index in [0.29, 0.717) is 48.3 Å². The molecule has 4 aliphatic carbocycles. The zero-order valence-electron chi connectivity index (χ0n) is 36.6. The lowest BCUT2D eigenvalue weighted by Gasteiger charge is -2.58. The molecule has 17 heteroatoms. The number of aliphatic hydroxyl groups excluding tert-OH is 9. The highest BCUT2D eigenvalue weighted by Crippen LogP contribution is 2.70. The minimum Gasteiger partial charge on any atom is -0.394 e. The van der Waals surface area contributed by atoms with Gasteiger partial charge < -0.3 is 83.9 Å². The van der Waals surface area contributed by atoms with Crippen molar-refractivity contribution < 1.29 is 83.9 Å². The third-order valence-corrected chi connectivity index (χ3v) is 17.7. The molecule has 5 aliphatic heterocycles. The molecule has 0 amide bonds. The van der Waals surface area contributed by atoms with Crippen LogP contribution in [0.4, 0.5) is 0 Å². The van der Waals surface area contributed by atoms with Crippen LogP contribution in [0.2, 0.25) is 0 Å². The molecule has 0 bridgehead atoms. The van der Waals surface area contributed by atoms with Gasteiger partial charge in [-0.2, -0.15) is 0 Å². The zero-order valence-corrected chi connectivity index (χ0v) is 36.6. The molecule has 9 rings (SSSR count). The molecule has 0 aromatic heterocycles. The summed E-state index contributed by atoms with van der Waals surface area (Å²) >= 11 is 0. The molecule has 9 aliphatic rings. The number of rotatable bonds is 8. The van der Waals surface area contributed by atoms with E-state index in [4.69, 9.17) is 37.9 Å². The maximum Gasteiger partial charge on any atom is 0.187 e. The summed E-state index contributed by atoms with van der Waals surface area (Å²) in [6, 6.07) is 0. The molecule has 5 heterocycles. The van der Waals surface area contributed by atoms with E-state index in [-0.39, 0.29) is 23.0 Å². The second-order valence-electron chi connectivity index (χ2n) is 21.1. The monoisotopic (exact) mass is 884 g/mol. The van der Waals surface area contributed by atoms with E-state index in [1.807, 2.05) is 0 Å². The average Bonchev–Trinajstić information content (AvgIpc) is 3.70. The van der Waals surface area contributed by atoms with E-state index < -0.39 is 111 Å². The van der Waals surface area contributed by atoms with Gasteiger partial charge in [0, 0.05) is 12.3 Å². The van der Waals surface area contributed by atoms with Crippen molar-refractivity contribution in [3.63, 3.8) is 0 Å². The Kier molecular flexibility index (Phi) is 12.9. The Hall–Kier alpha value is -0.940. The van der Waals surface area contributed by atoms with Gasteiger partial charge >= 0.3 is 0 Å². The molecule has 354 valence electrons. The van der Waals surface area contributed by atoms with Gasteiger partial charge in [0.15, 0.2) is 24.7 Å². The van der Waals surface area contributed by atoms with E-state index in [1.165, 1.54) is 12.5 Å². The van der Waals surface area contributed by atoms with E-state index >= 15 is 0 Å². The minimum absolute atomic E-state index is 0.0356. The van der Waals surface area contributed by atoms with Crippen molar-refractivity contribution in [3.8, 4) is 0 Å². The first-order valence-electron chi connectivity index (χ1n) is 23.4. The van der Waals surface area contributed by atoms with Crippen LogP contribution in [0.25, 0.3) is 0 Å². The second kappa shape index (κ2) is 17.3. The lowest BCUT2D eigenvalue weighted by Crippen LogP contribution is -2.67. The van der Waals surface area contributed by atoms with Crippen LogP contribution in [0.15, 0.2) is 11.6 Å². The topological polar surface area (TPSA) is 256 Å². The van der Waals surface area contributed by atoms with Gasteiger partial charge in [-0.25, -0.2) is 0 Å². The summed E-state index contributed by atoms with van der Waals surface area (Å²) in [7, 11) is 0. The maximum absolute atomic E-state index is 12.0. The molecule has 8 fully saturated rings. The summed E-state index contributed by atoms with van der Waals surface area (Å²) in [6.07, 6.45) is -12.0. The van der Waals surface area contributed by atoms with Gasteiger partial charge in [0.05, 0.1) is 38.1 Å². The fraction of sp³-hybridized carbons (Fsp3) is 0.956. The van der Waals surface area contributed by atoms with Crippen LogP contribution in [0.1, 0.15) is 92.4 Å². The third kappa shape index (κ3) is 7.49. The SMILES string of the molecule is CC1CC[C@@]2(OC1)O[C@H]1C[C@H]3[C@@H]4CC=C5C[C@@H](O[C@@H]6O[C@H](CO)[C@@H](O[C@@H]7O[C@H](CO)[C@@H](O)[C@H](O)[C@H]7O)[C@H](O)[C@H]6O[C@@H]6O[C@@H](C)[C@H](O)[C@@H](O)[C@H]6O)CC[C@]5(C)[C@H]4CC[C@]3(C)[C@H]1[C@@H]2C. The number of allylic oxidation sites excluding steroid dienone is 1. The van der Waals surface area contributed by atoms with Gasteiger partial charge in [-0.05, 0) is 98.7 Å². The van der Waals surface area contributed by atoms with Crippen molar-refractivity contribution >= 4 is 0 Å². The fourth-order valence-corrected chi connectivity index (χ4v) is 14.0. The molecule has 1 unspecified atom stereocenters. The lowest BCUT2D eigenvalue weighted by atomic mass is 9.47. The normalized spacial score (nSPS) is 57.6. The van der Waals surface area contributed by atoms with Gasteiger partial charge in [-0.15, -0.1) is 0 Å². The van der Waals surface area contributed by atoms with E-state index in [0.717, 1.165) is 51.6 Å².